The molecule has 0 aromatic heterocycles. The third-order valence-electron chi connectivity index (χ3n) is 11.9. The van der Waals surface area contributed by atoms with Crippen LogP contribution in [0.5, 0.6) is 0 Å². The Kier molecular flexibility index (Phi) is 10.8. The second-order valence-electron chi connectivity index (χ2n) is 16.8. The van der Waals surface area contributed by atoms with Crippen LogP contribution in [0.25, 0.3) is 0 Å². The number of rotatable bonds is 12. The van der Waals surface area contributed by atoms with Crippen LogP contribution >= 0.6 is 0 Å². The summed E-state index contributed by atoms with van der Waals surface area (Å²) in [5.74, 6) is -2.68. The van der Waals surface area contributed by atoms with E-state index in [1.807, 2.05) is 20.8 Å². The van der Waals surface area contributed by atoms with Crippen LogP contribution in [0.3, 0.4) is 0 Å². The Morgan fingerprint density at radius 1 is 0.918 bits per heavy atom. The number of hydrogen-bond acceptors (Lipinski definition) is 7. The number of likely N-dealkylation sites (tertiary alicyclic amines) is 1. The predicted molar refractivity (Wildman–Crippen MR) is 183 cm³/mol. The number of hydrogen-bond donors (Lipinski definition) is 4. The number of carbonyl (C=O) groups is 5. The summed E-state index contributed by atoms with van der Waals surface area (Å²) in [5, 5.41) is 8.79. The Balaban J connectivity index is 1.35. The Labute approximate surface area is 291 Å². The van der Waals surface area contributed by atoms with Crippen molar-refractivity contribution in [2.45, 2.75) is 117 Å². The third kappa shape index (κ3) is 8.08. The molecule has 2 heterocycles. The molecule has 2 aliphatic heterocycles. The second-order valence-corrected chi connectivity index (χ2v) is 18.8. The summed E-state index contributed by atoms with van der Waals surface area (Å²) in [4.78, 5) is 68.5. The Morgan fingerprint density at radius 2 is 1.57 bits per heavy atom. The first-order valence-electron chi connectivity index (χ1n) is 18.1. The first-order chi connectivity index (χ1) is 22.8. The molecule has 49 heavy (non-hydrogen) atoms. The number of nitrogens with one attached hydrogen (secondary N) is 3. The maximum Gasteiger partial charge on any atom is 0.315 e. The summed E-state index contributed by atoms with van der Waals surface area (Å²) >= 11 is 0. The zero-order chi connectivity index (χ0) is 36.1. The van der Waals surface area contributed by atoms with Gasteiger partial charge in [-0.2, -0.15) is 17.0 Å². The van der Waals surface area contributed by atoms with Gasteiger partial charge in [-0.05, 0) is 60.2 Å². The van der Waals surface area contributed by atoms with Crippen molar-refractivity contribution in [3.05, 3.63) is 0 Å². The van der Waals surface area contributed by atoms with Crippen molar-refractivity contribution in [1.29, 1.82) is 0 Å². The van der Waals surface area contributed by atoms with Crippen molar-refractivity contribution in [3.8, 4) is 0 Å². The number of urea groups is 1. The van der Waals surface area contributed by atoms with Gasteiger partial charge in [-0.15, -0.1) is 0 Å². The molecular formula is C34H57N7O7S. The molecule has 0 aromatic rings. The Morgan fingerprint density at radius 3 is 2.16 bits per heavy atom. The van der Waals surface area contributed by atoms with Crippen molar-refractivity contribution in [2.75, 3.05) is 33.2 Å². The largest absolute Gasteiger partial charge is 0.363 e. The molecular weight excluding hydrogens is 650 g/mol. The van der Waals surface area contributed by atoms with Crippen molar-refractivity contribution >= 4 is 39.7 Å². The Hall–Kier alpha value is -2.78. The van der Waals surface area contributed by atoms with Gasteiger partial charge in [0.2, 0.25) is 17.6 Å². The van der Waals surface area contributed by atoms with E-state index < -0.39 is 63.4 Å². The van der Waals surface area contributed by atoms with Gasteiger partial charge < -0.3 is 26.6 Å². The molecule has 5 amide bonds. The van der Waals surface area contributed by atoms with Crippen molar-refractivity contribution in [2.24, 2.45) is 40.2 Å². The smallest absolute Gasteiger partial charge is 0.315 e. The van der Waals surface area contributed by atoms with Crippen LogP contribution in [0.4, 0.5) is 4.79 Å². The van der Waals surface area contributed by atoms with Gasteiger partial charge in [0.05, 0.1) is 6.04 Å². The van der Waals surface area contributed by atoms with Crippen LogP contribution in [0.2, 0.25) is 0 Å². The van der Waals surface area contributed by atoms with Crippen LogP contribution in [-0.4, -0.2) is 109 Å². The zero-order valence-corrected chi connectivity index (χ0v) is 30.8. The second kappa shape index (κ2) is 14.1. The number of piperidine rings is 1. The lowest BCUT2D eigenvalue weighted by atomic mass is 9.83. The third-order valence-corrected chi connectivity index (χ3v) is 13.9. The van der Waals surface area contributed by atoms with E-state index in [0.717, 1.165) is 44.9 Å². The van der Waals surface area contributed by atoms with Crippen LogP contribution in [-0.2, 0) is 29.4 Å². The van der Waals surface area contributed by atoms with Gasteiger partial charge in [-0.3, -0.25) is 19.2 Å². The van der Waals surface area contributed by atoms with E-state index in [9.17, 15) is 32.4 Å². The maximum atomic E-state index is 14.6. The van der Waals surface area contributed by atoms with Gasteiger partial charge >= 0.3 is 6.03 Å². The van der Waals surface area contributed by atoms with Crippen LogP contribution in [0.1, 0.15) is 92.4 Å². The van der Waals surface area contributed by atoms with E-state index in [1.54, 1.807) is 11.9 Å². The molecule has 5 rings (SSSR count). The number of amides is 5. The molecule has 0 radical (unpaired) electrons. The molecule has 2 unspecified atom stereocenters. The lowest BCUT2D eigenvalue weighted by Crippen LogP contribution is -2.62. The van der Waals surface area contributed by atoms with Gasteiger partial charge in [-0.25, -0.2) is 4.79 Å². The molecule has 15 heteroatoms. The fourth-order valence-corrected chi connectivity index (χ4v) is 9.80. The van der Waals surface area contributed by atoms with E-state index in [-0.39, 0.29) is 41.5 Å². The number of nitrogens with two attached hydrogens (primary N) is 1. The number of Topliss-reactive ketones (excluding diaryl/α,β-unsaturated/α-hetero) is 1. The van der Waals surface area contributed by atoms with Gasteiger partial charge in [0.25, 0.3) is 16.1 Å². The SMILES string of the molecule is CN1CCCN(C[C@@H](NC(=O)N[C@H](C(=O)N2C[C@H]3C([C@H]2C(=O)NC(CC2CC2)C(=O)C(N)=O)C3(C)C)C2CCCCC2)C(C)(C)C)S1(=O)=O. The summed E-state index contributed by atoms with van der Waals surface area (Å²) < 4.78 is 28.8. The normalized spacial score (nSPS) is 28.9. The first-order valence-corrected chi connectivity index (χ1v) is 19.5. The number of primary amides is 1. The number of ketones is 1. The van der Waals surface area contributed by atoms with Gasteiger partial charge in [0.1, 0.15) is 12.1 Å². The van der Waals surface area contributed by atoms with Crippen LogP contribution in [0, 0.1) is 34.5 Å². The molecule has 5 N–H and O–H groups in total. The average Bonchev–Trinajstić information content (AvgIpc) is 3.88. The lowest BCUT2D eigenvalue weighted by Gasteiger charge is -2.40. The van der Waals surface area contributed by atoms with Gasteiger partial charge in [0.15, 0.2) is 0 Å². The minimum atomic E-state index is -3.66. The topological polar surface area (TPSA) is 191 Å². The van der Waals surface area contributed by atoms with Crippen LogP contribution < -0.4 is 21.7 Å². The highest BCUT2D eigenvalue weighted by Crippen LogP contribution is 2.65. The summed E-state index contributed by atoms with van der Waals surface area (Å²) in [6.45, 7) is 11.2. The van der Waals surface area contributed by atoms with Crippen LogP contribution in [0.15, 0.2) is 0 Å². The fraction of sp³-hybridized carbons (Fsp3) is 0.853. The number of nitrogens with zero attached hydrogens (tertiary/aromatic N) is 3. The van der Waals surface area contributed by atoms with Gasteiger partial charge in [0, 0.05) is 39.3 Å². The summed E-state index contributed by atoms with van der Waals surface area (Å²) in [6, 6.07) is -3.90. The minimum Gasteiger partial charge on any atom is -0.363 e. The minimum absolute atomic E-state index is 0.0802. The molecule has 14 nitrogen and oxygen atoms in total. The van der Waals surface area contributed by atoms with Gasteiger partial charge in [-0.1, -0.05) is 66.7 Å². The summed E-state index contributed by atoms with van der Waals surface area (Å²) in [5.41, 5.74) is 4.64. The molecule has 5 aliphatic rings. The highest BCUT2D eigenvalue weighted by Gasteiger charge is 2.69. The molecule has 5 fully saturated rings. The predicted octanol–water partition coefficient (Wildman–Crippen LogP) is 1.35. The zero-order valence-electron chi connectivity index (χ0n) is 30.0. The average molecular weight is 708 g/mol. The standard InChI is InChI=1S/C34H57N7O7S/c1-33(2,3)24(19-40-16-10-15-39(6)49(40,47)48)37-32(46)38-26(21-11-8-7-9-12-21)31(45)41-18-22-25(34(22,4)5)27(41)30(44)36-23(17-20-13-14-20)28(42)29(35)43/h20-27H,7-19H2,1-6H3,(H2,35,43)(H,36,44)(H2,37,38,46)/t22-,23?,24+,25?,26-,27-/m0/s1. The molecule has 276 valence electrons. The molecule has 3 saturated carbocycles. The maximum absolute atomic E-state index is 14.6. The highest BCUT2D eigenvalue weighted by molar-refractivity contribution is 7.86. The quantitative estimate of drug-likeness (QED) is 0.220. The van der Waals surface area contributed by atoms with E-state index in [0.29, 0.717) is 32.5 Å². The summed E-state index contributed by atoms with van der Waals surface area (Å²) in [6.07, 6.45) is 7.23. The molecule has 6 atom stereocenters. The van der Waals surface area contributed by atoms with Crippen molar-refractivity contribution in [3.63, 3.8) is 0 Å². The Bertz CT molecular complexity index is 1420. The van der Waals surface area contributed by atoms with Crippen molar-refractivity contribution in [1.82, 2.24) is 29.5 Å². The molecule has 0 aromatic carbocycles. The van der Waals surface area contributed by atoms with E-state index >= 15 is 0 Å². The number of fused-ring (bicyclic) bond motifs is 1. The summed E-state index contributed by atoms with van der Waals surface area (Å²) in [7, 11) is -2.11. The molecule has 0 spiro atoms. The van der Waals surface area contributed by atoms with E-state index in [2.05, 4.69) is 29.8 Å². The first kappa shape index (κ1) is 37.5. The fourth-order valence-electron chi connectivity index (χ4n) is 8.35. The lowest BCUT2D eigenvalue weighted by molar-refractivity contribution is -0.144. The van der Waals surface area contributed by atoms with E-state index in [1.165, 1.54) is 8.61 Å². The molecule has 3 aliphatic carbocycles. The molecule has 2 saturated heterocycles. The molecule has 0 bridgehead atoms. The highest BCUT2D eigenvalue weighted by atomic mass is 32.2. The monoisotopic (exact) mass is 707 g/mol. The van der Waals surface area contributed by atoms with E-state index in [4.69, 9.17) is 5.73 Å². The van der Waals surface area contributed by atoms with Crippen molar-refractivity contribution < 1.29 is 32.4 Å². The number of carbonyl (C=O) groups excluding carboxylic acids is 5.